The summed E-state index contributed by atoms with van der Waals surface area (Å²) in [5.41, 5.74) is 1.24. The SMILES string of the molecule is Cc1c(C(=O)NC(C(=O)N[C@@H]2C[C@@H](C)CN(S(=O)(=O)c3ccccn3)CC2=O)C(C)C)oc2ccccc12. The minimum absolute atomic E-state index is 0.118. The molecule has 1 aromatic carbocycles. The van der Waals surface area contributed by atoms with Gasteiger partial charge in [0.15, 0.2) is 16.6 Å². The molecule has 0 radical (unpaired) electrons. The lowest BCUT2D eigenvalue weighted by atomic mass is 9.98. The van der Waals surface area contributed by atoms with Crippen molar-refractivity contribution in [2.75, 3.05) is 13.1 Å². The van der Waals surface area contributed by atoms with Gasteiger partial charge in [0.1, 0.15) is 11.6 Å². The van der Waals surface area contributed by atoms with E-state index in [2.05, 4.69) is 15.6 Å². The van der Waals surface area contributed by atoms with E-state index in [1.54, 1.807) is 39.0 Å². The Bertz CT molecular complexity index is 1450. The van der Waals surface area contributed by atoms with Crippen LogP contribution < -0.4 is 10.6 Å². The van der Waals surface area contributed by atoms with E-state index in [4.69, 9.17) is 4.42 Å². The highest BCUT2D eigenvalue weighted by Crippen LogP contribution is 2.25. The molecule has 4 rings (SSSR count). The van der Waals surface area contributed by atoms with Crippen molar-refractivity contribution in [2.45, 2.75) is 51.2 Å². The van der Waals surface area contributed by atoms with Crippen LogP contribution in [0.5, 0.6) is 0 Å². The molecular weight excluding hydrogens is 508 g/mol. The highest BCUT2D eigenvalue weighted by molar-refractivity contribution is 7.89. The molecule has 3 aromatic rings. The molecule has 0 saturated carbocycles. The molecule has 1 unspecified atom stereocenters. The fourth-order valence-electron chi connectivity index (χ4n) is 4.65. The molecule has 1 aliphatic heterocycles. The summed E-state index contributed by atoms with van der Waals surface area (Å²) in [7, 11) is -3.97. The maximum atomic E-state index is 13.3. The molecule has 10 nitrogen and oxygen atoms in total. The Morgan fingerprint density at radius 1 is 1.13 bits per heavy atom. The van der Waals surface area contributed by atoms with Gasteiger partial charge < -0.3 is 15.1 Å². The van der Waals surface area contributed by atoms with Gasteiger partial charge in [-0.2, -0.15) is 4.31 Å². The van der Waals surface area contributed by atoms with E-state index < -0.39 is 39.7 Å². The van der Waals surface area contributed by atoms with Gasteiger partial charge in [-0.15, -0.1) is 0 Å². The number of aromatic nitrogens is 1. The number of nitrogens with zero attached hydrogens (tertiary/aromatic N) is 2. The Hall–Kier alpha value is -3.57. The molecule has 38 heavy (non-hydrogen) atoms. The van der Waals surface area contributed by atoms with Crippen molar-refractivity contribution in [2.24, 2.45) is 11.8 Å². The predicted octanol–water partition coefficient (Wildman–Crippen LogP) is 2.68. The minimum atomic E-state index is -3.97. The Labute approximate surface area is 221 Å². The first-order valence-corrected chi connectivity index (χ1v) is 14.0. The highest BCUT2D eigenvalue weighted by Gasteiger charge is 2.37. The summed E-state index contributed by atoms with van der Waals surface area (Å²) in [5, 5.41) is 6.19. The number of Topliss-reactive ketones (excluding diaryl/α,β-unsaturated/α-hetero) is 1. The molecule has 2 N–H and O–H groups in total. The quantitative estimate of drug-likeness (QED) is 0.470. The van der Waals surface area contributed by atoms with Crippen molar-refractivity contribution in [3.8, 4) is 0 Å². The standard InChI is InChI=1S/C27H32N4O6S/c1-16(2)24(30-27(34)25-18(4)19-9-5-6-10-22(19)37-25)26(33)29-20-13-17(3)14-31(15-21(20)32)38(35,36)23-11-7-8-12-28-23/h5-12,16-17,20,24H,13-15H2,1-4H3,(H,29,33)(H,30,34)/t17-,20-,24?/m1/s1. The van der Waals surface area contributed by atoms with E-state index in [9.17, 15) is 22.8 Å². The van der Waals surface area contributed by atoms with Crippen LogP contribution in [0.25, 0.3) is 11.0 Å². The molecule has 0 aliphatic carbocycles. The summed E-state index contributed by atoms with van der Waals surface area (Å²) in [6.07, 6.45) is 1.65. The number of nitrogens with one attached hydrogen (secondary N) is 2. The molecular formula is C27H32N4O6S. The number of ketones is 1. The molecule has 2 amide bonds. The zero-order chi connectivity index (χ0) is 27.6. The fraction of sp³-hybridized carbons (Fsp3) is 0.407. The maximum Gasteiger partial charge on any atom is 0.287 e. The van der Waals surface area contributed by atoms with E-state index in [0.29, 0.717) is 11.1 Å². The average molecular weight is 541 g/mol. The van der Waals surface area contributed by atoms with E-state index in [0.717, 1.165) is 9.69 Å². The second-order valence-electron chi connectivity index (χ2n) is 10.1. The molecule has 1 saturated heterocycles. The lowest BCUT2D eigenvalue weighted by Gasteiger charge is -2.25. The minimum Gasteiger partial charge on any atom is -0.451 e. The smallest absolute Gasteiger partial charge is 0.287 e. The van der Waals surface area contributed by atoms with Gasteiger partial charge in [-0.3, -0.25) is 14.4 Å². The topological polar surface area (TPSA) is 139 Å². The summed E-state index contributed by atoms with van der Waals surface area (Å²) >= 11 is 0. The van der Waals surface area contributed by atoms with Gasteiger partial charge in [0.25, 0.3) is 15.9 Å². The van der Waals surface area contributed by atoms with Crippen molar-refractivity contribution in [3.63, 3.8) is 0 Å². The Morgan fingerprint density at radius 2 is 1.84 bits per heavy atom. The molecule has 0 spiro atoms. The number of hydrogen-bond acceptors (Lipinski definition) is 7. The van der Waals surface area contributed by atoms with Gasteiger partial charge in [-0.05, 0) is 43.4 Å². The number of furan rings is 1. The van der Waals surface area contributed by atoms with E-state index >= 15 is 0 Å². The first kappa shape index (κ1) is 27.5. The lowest BCUT2D eigenvalue weighted by Crippen LogP contribution is -2.54. The third-order valence-electron chi connectivity index (χ3n) is 6.72. The second-order valence-corrected chi connectivity index (χ2v) is 12.0. The molecule has 3 heterocycles. The molecule has 11 heteroatoms. The summed E-state index contributed by atoms with van der Waals surface area (Å²) in [5.74, 6) is -1.85. The average Bonchev–Trinajstić information content (AvgIpc) is 3.15. The number of sulfonamides is 1. The van der Waals surface area contributed by atoms with Gasteiger partial charge in [-0.25, -0.2) is 13.4 Å². The van der Waals surface area contributed by atoms with Crippen LogP contribution in [0.2, 0.25) is 0 Å². The number of carbonyl (C=O) groups is 3. The van der Waals surface area contributed by atoms with Crippen LogP contribution in [0.1, 0.15) is 43.3 Å². The number of hydrogen-bond donors (Lipinski definition) is 2. The maximum absolute atomic E-state index is 13.3. The Morgan fingerprint density at radius 3 is 2.50 bits per heavy atom. The highest BCUT2D eigenvalue weighted by atomic mass is 32.2. The second kappa shape index (κ2) is 11.0. The normalized spacial score (nSPS) is 19.8. The number of benzene rings is 1. The van der Waals surface area contributed by atoms with Crippen molar-refractivity contribution in [3.05, 3.63) is 60.0 Å². The van der Waals surface area contributed by atoms with Crippen LogP contribution in [0.4, 0.5) is 0 Å². The van der Waals surface area contributed by atoms with Crippen LogP contribution in [0, 0.1) is 18.8 Å². The van der Waals surface area contributed by atoms with E-state index in [1.165, 1.54) is 12.3 Å². The van der Waals surface area contributed by atoms with Crippen molar-refractivity contribution < 1.29 is 27.2 Å². The van der Waals surface area contributed by atoms with Crippen LogP contribution >= 0.6 is 0 Å². The van der Waals surface area contributed by atoms with Gasteiger partial charge in [-0.1, -0.05) is 45.0 Å². The van der Waals surface area contributed by atoms with Gasteiger partial charge in [0.05, 0.1) is 12.6 Å². The van der Waals surface area contributed by atoms with E-state index in [1.807, 2.05) is 25.1 Å². The van der Waals surface area contributed by atoms with Crippen molar-refractivity contribution >= 4 is 38.6 Å². The van der Waals surface area contributed by atoms with Crippen LogP contribution in [0.15, 0.2) is 58.1 Å². The number of pyridine rings is 1. The van der Waals surface area contributed by atoms with Crippen molar-refractivity contribution in [1.29, 1.82) is 0 Å². The number of amides is 2. The lowest BCUT2D eigenvalue weighted by molar-refractivity contribution is -0.129. The van der Waals surface area contributed by atoms with E-state index in [-0.39, 0.29) is 42.1 Å². The van der Waals surface area contributed by atoms with Crippen LogP contribution in [0.3, 0.4) is 0 Å². The first-order valence-electron chi connectivity index (χ1n) is 12.5. The summed E-state index contributed by atoms with van der Waals surface area (Å²) < 4.78 is 33.0. The zero-order valence-corrected chi connectivity index (χ0v) is 22.6. The molecule has 3 atom stereocenters. The number of aryl methyl sites for hydroxylation is 1. The summed E-state index contributed by atoms with van der Waals surface area (Å²) in [4.78, 5) is 43.4. The van der Waals surface area contributed by atoms with Gasteiger partial charge >= 0.3 is 0 Å². The molecule has 1 fully saturated rings. The molecule has 202 valence electrons. The van der Waals surface area contributed by atoms with Crippen LogP contribution in [-0.2, 0) is 19.6 Å². The summed E-state index contributed by atoms with van der Waals surface area (Å²) in [6.45, 7) is 6.91. The fourth-order valence-corrected chi connectivity index (χ4v) is 6.11. The Kier molecular flexibility index (Phi) is 7.98. The number of carbonyl (C=O) groups excluding carboxylic acids is 3. The van der Waals surface area contributed by atoms with Crippen LogP contribution in [-0.4, -0.2) is 60.5 Å². The first-order chi connectivity index (χ1) is 18.0. The predicted molar refractivity (Wildman–Crippen MR) is 141 cm³/mol. The van der Waals surface area contributed by atoms with Crippen molar-refractivity contribution in [1.82, 2.24) is 19.9 Å². The monoisotopic (exact) mass is 540 g/mol. The number of fused-ring (bicyclic) bond motifs is 1. The van der Waals surface area contributed by atoms with Gasteiger partial charge in [0, 0.05) is 23.7 Å². The third kappa shape index (κ3) is 5.63. The number of para-hydroxylation sites is 1. The molecule has 2 aromatic heterocycles. The third-order valence-corrected chi connectivity index (χ3v) is 8.45. The number of rotatable bonds is 7. The largest absolute Gasteiger partial charge is 0.451 e. The Balaban J connectivity index is 1.48. The summed E-state index contributed by atoms with van der Waals surface area (Å²) in [6, 6.07) is 10.0. The zero-order valence-electron chi connectivity index (χ0n) is 21.8. The molecule has 0 bridgehead atoms. The molecule has 1 aliphatic rings. The van der Waals surface area contributed by atoms with Gasteiger partial charge in [0.2, 0.25) is 5.91 Å².